The van der Waals surface area contributed by atoms with Crippen molar-refractivity contribution in [3.63, 3.8) is 0 Å². The lowest BCUT2D eigenvalue weighted by atomic mass is 10.1. The van der Waals surface area contributed by atoms with E-state index in [0.29, 0.717) is 46.5 Å². The van der Waals surface area contributed by atoms with Crippen LogP contribution in [0.25, 0.3) is 10.4 Å². The number of sulfonamides is 1. The zero-order valence-corrected chi connectivity index (χ0v) is 24.4. The Balaban J connectivity index is 2.02. The van der Waals surface area contributed by atoms with Crippen LogP contribution in [0.2, 0.25) is 0 Å². The highest BCUT2D eigenvalue weighted by Crippen LogP contribution is 2.46. The smallest absolute Gasteiger partial charge is 0.351 e. The van der Waals surface area contributed by atoms with Gasteiger partial charge in [0.1, 0.15) is 5.60 Å². The van der Waals surface area contributed by atoms with Crippen molar-refractivity contribution >= 4 is 54.9 Å². The van der Waals surface area contributed by atoms with Crippen molar-refractivity contribution in [1.82, 2.24) is 5.32 Å². The van der Waals surface area contributed by atoms with E-state index in [1.54, 1.807) is 45.0 Å². The van der Waals surface area contributed by atoms with Gasteiger partial charge in [0, 0.05) is 11.4 Å². The standard InChI is InChI=1S/C25H31BrN2O7S2/c1-6-37(31,32)28(17-10-12-27-13-11-17)18-9-7-8-16(14-18)22-20(26)21(23(36-22)24(30)33-5)34-15-19(29)35-25(2,3)4/h6-9,14,17,27H,1,10-13,15H2,2-5H3. The number of hydrogen-bond donors (Lipinski definition) is 1. The Morgan fingerprint density at radius 3 is 2.54 bits per heavy atom. The number of carbonyl (C=O) groups excluding carboxylic acids is 2. The third-order valence-electron chi connectivity index (χ3n) is 5.42. The SMILES string of the molecule is C=CS(=O)(=O)N(c1cccc(-c2sc(C(=O)OC)c(OCC(=O)OC(C)(C)C)c2Br)c1)C1CCNCC1. The van der Waals surface area contributed by atoms with Gasteiger partial charge in [-0.15, -0.1) is 11.3 Å². The molecule has 3 rings (SSSR count). The average Bonchev–Trinajstić information content (AvgIpc) is 3.18. The second-order valence-electron chi connectivity index (χ2n) is 9.31. The number of nitrogens with one attached hydrogen (secondary N) is 1. The van der Waals surface area contributed by atoms with Gasteiger partial charge >= 0.3 is 11.9 Å². The highest BCUT2D eigenvalue weighted by atomic mass is 79.9. The summed E-state index contributed by atoms with van der Waals surface area (Å²) >= 11 is 4.62. The first kappa shape index (κ1) is 29.2. The lowest BCUT2D eigenvalue weighted by Crippen LogP contribution is -2.45. The van der Waals surface area contributed by atoms with Crippen molar-refractivity contribution in [2.75, 3.05) is 31.1 Å². The lowest BCUT2D eigenvalue weighted by Gasteiger charge is -2.34. The van der Waals surface area contributed by atoms with Crippen molar-refractivity contribution in [2.45, 2.75) is 45.3 Å². The summed E-state index contributed by atoms with van der Waals surface area (Å²) < 4.78 is 43.8. The van der Waals surface area contributed by atoms with Crippen LogP contribution in [0.3, 0.4) is 0 Å². The fraction of sp³-hybridized carbons (Fsp3) is 0.440. The normalized spacial score (nSPS) is 14.6. The maximum Gasteiger partial charge on any atom is 0.351 e. The molecule has 0 spiro atoms. The summed E-state index contributed by atoms with van der Waals surface area (Å²) in [6, 6.07) is 6.82. The maximum atomic E-state index is 13.0. The van der Waals surface area contributed by atoms with E-state index >= 15 is 0 Å². The predicted molar refractivity (Wildman–Crippen MR) is 148 cm³/mol. The number of ether oxygens (including phenoxy) is 3. The van der Waals surface area contributed by atoms with Crippen LogP contribution in [0.1, 0.15) is 43.3 Å². The molecule has 2 heterocycles. The van der Waals surface area contributed by atoms with Crippen LogP contribution in [0.4, 0.5) is 5.69 Å². The molecule has 12 heteroatoms. The first-order valence-corrected chi connectivity index (χ1v) is 14.7. The first-order valence-electron chi connectivity index (χ1n) is 11.6. The molecule has 9 nitrogen and oxygen atoms in total. The minimum absolute atomic E-state index is 0.150. The molecule has 0 bridgehead atoms. The maximum absolute atomic E-state index is 13.0. The van der Waals surface area contributed by atoms with Crippen LogP contribution >= 0.6 is 27.3 Å². The summed E-state index contributed by atoms with van der Waals surface area (Å²) in [5.74, 6) is -1.06. The Bertz CT molecular complexity index is 1260. The summed E-state index contributed by atoms with van der Waals surface area (Å²) in [4.78, 5) is 25.5. The molecule has 2 aromatic rings. The largest absolute Gasteiger partial charge is 0.479 e. The van der Waals surface area contributed by atoms with Gasteiger partial charge in [-0.25, -0.2) is 18.0 Å². The van der Waals surface area contributed by atoms with Crippen molar-refractivity contribution in [2.24, 2.45) is 0 Å². The molecule has 1 aliphatic heterocycles. The third-order valence-corrected chi connectivity index (χ3v) is 9.12. The minimum Gasteiger partial charge on any atom is -0.479 e. The summed E-state index contributed by atoms with van der Waals surface area (Å²) in [5, 5.41) is 4.21. The van der Waals surface area contributed by atoms with Gasteiger partial charge in [-0.05, 0) is 80.3 Å². The second kappa shape index (κ2) is 12.0. The van der Waals surface area contributed by atoms with Gasteiger partial charge in [-0.2, -0.15) is 0 Å². The molecule has 202 valence electrons. The topological polar surface area (TPSA) is 111 Å². The molecule has 0 atom stereocenters. The number of esters is 2. The second-order valence-corrected chi connectivity index (χ2v) is 12.9. The van der Waals surface area contributed by atoms with E-state index in [1.807, 2.05) is 0 Å². The fourth-order valence-corrected chi connectivity index (χ4v) is 7.07. The van der Waals surface area contributed by atoms with Gasteiger partial charge in [0.25, 0.3) is 10.0 Å². The molecular formula is C25H31BrN2O7S2. The molecule has 1 saturated heterocycles. The number of carbonyl (C=O) groups is 2. The highest BCUT2D eigenvalue weighted by Gasteiger charge is 2.31. The van der Waals surface area contributed by atoms with Crippen molar-refractivity contribution in [3.8, 4) is 16.2 Å². The molecule has 0 amide bonds. The highest BCUT2D eigenvalue weighted by molar-refractivity contribution is 9.10. The summed E-state index contributed by atoms with van der Waals surface area (Å²) in [6.07, 6.45) is 1.32. The van der Waals surface area contributed by atoms with Crippen LogP contribution in [0.5, 0.6) is 5.75 Å². The Morgan fingerprint density at radius 1 is 1.27 bits per heavy atom. The van der Waals surface area contributed by atoms with E-state index in [2.05, 4.69) is 27.8 Å². The van der Waals surface area contributed by atoms with E-state index in [4.69, 9.17) is 14.2 Å². The number of thiophene rings is 1. The monoisotopic (exact) mass is 614 g/mol. The summed E-state index contributed by atoms with van der Waals surface area (Å²) in [7, 11) is -2.51. The molecule has 1 fully saturated rings. The number of halogens is 1. The number of methoxy groups -OCH3 is 1. The number of hydrogen-bond acceptors (Lipinski definition) is 9. The van der Waals surface area contributed by atoms with Gasteiger partial charge in [0.15, 0.2) is 17.2 Å². The number of nitrogens with zero attached hydrogens (tertiary/aromatic N) is 1. The predicted octanol–water partition coefficient (Wildman–Crippen LogP) is 4.72. The van der Waals surface area contributed by atoms with E-state index in [0.717, 1.165) is 16.7 Å². The number of piperidine rings is 1. The Labute approximate surface area is 230 Å². The van der Waals surface area contributed by atoms with Crippen LogP contribution in [-0.4, -0.2) is 58.8 Å². The van der Waals surface area contributed by atoms with Crippen LogP contribution in [0.15, 0.2) is 40.7 Å². The van der Waals surface area contributed by atoms with E-state index in [9.17, 15) is 18.0 Å². The zero-order chi connectivity index (χ0) is 27.4. The molecule has 0 saturated carbocycles. The molecule has 1 aromatic carbocycles. The minimum atomic E-state index is -3.76. The summed E-state index contributed by atoms with van der Waals surface area (Å²) in [6.45, 7) is 9.77. The number of anilines is 1. The van der Waals surface area contributed by atoms with Gasteiger partial charge < -0.3 is 19.5 Å². The third kappa shape index (κ3) is 7.13. The molecule has 0 aliphatic carbocycles. The molecule has 0 unspecified atom stereocenters. The van der Waals surface area contributed by atoms with Gasteiger partial charge in [0.05, 0.1) is 22.1 Å². The van der Waals surface area contributed by atoms with Crippen molar-refractivity contribution in [3.05, 3.63) is 45.6 Å². The molecule has 37 heavy (non-hydrogen) atoms. The molecular weight excluding hydrogens is 584 g/mol. The van der Waals surface area contributed by atoms with Crippen LogP contribution in [-0.2, 0) is 24.3 Å². The number of rotatable bonds is 9. The first-order chi connectivity index (χ1) is 17.4. The van der Waals surface area contributed by atoms with Crippen molar-refractivity contribution in [1.29, 1.82) is 0 Å². The van der Waals surface area contributed by atoms with E-state index in [1.165, 1.54) is 11.4 Å². The van der Waals surface area contributed by atoms with Crippen molar-refractivity contribution < 1.29 is 32.2 Å². The van der Waals surface area contributed by atoms with Crippen LogP contribution < -0.4 is 14.4 Å². The Kier molecular flexibility index (Phi) is 9.43. The Morgan fingerprint density at radius 2 is 1.95 bits per heavy atom. The Hall–Kier alpha value is -2.41. The molecule has 1 aromatic heterocycles. The van der Waals surface area contributed by atoms with Crippen LogP contribution in [0, 0.1) is 0 Å². The number of benzene rings is 1. The van der Waals surface area contributed by atoms with Gasteiger partial charge in [0.2, 0.25) is 0 Å². The zero-order valence-electron chi connectivity index (χ0n) is 21.2. The van der Waals surface area contributed by atoms with E-state index < -0.39 is 34.2 Å². The molecule has 0 radical (unpaired) electrons. The quantitative estimate of drug-likeness (QED) is 0.404. The van der Waals surface area contributed by atoms with Gasteiger partial charge in [-0.3, -0.25) is 4.31 Å². The average molecular weight is 616 g/mol. The molecule has 1 aliphatic rings. The van der Waals surface area contributed by atoms with E-state index in [-0.39, 0.29) is 16.7 Å². The summed E-state index contributed by atoms with van der Waals surface area (Å²) in [5.41, 5.74) is 0.458. The lowest BCUT2D eigenvalue weighted by molar-refractivity contribution is -0.157. The molecule has 1 N–H and O–H groups in total. The van der Waals surface area contributed by atoms with Gasteiger partial charge in [-0.1, -0.05) is 18.7 Å². The fourth-order valence-electron chi connectivity index (χ4n) is 3.91.